The first-order chi connectivity index (χ1) is 25.2. The van der Waals surface area contributed by atoms with Gasteiger partial charge in [-0.15, -0.1) is 0 Å². The number of nitrogens with zero attached hydrogens (tertiary/aromatic N) is 4. The fourth-order valence-electron chi connectivity index (χ4n) is 5.00. The Kier molecular flexibility index (Phi) is 12.6. The summed E-state index contributed by atoms with van der Waals surface area (Å²) in [5.41, 5.74) is 8.98. The number of carbonyl (C=O) groups is 2. The van der Waals surface area contributed by atoms with E-state index in [2.05, 4.69) is 62.0 Å². The molecule has 1 amide bonds. The van der Waals surface area contributed by atoms with Crippen LogP contribution in [0.1, 0.15) is 52.6 Å². The third-order valence-electron chi connectivity index (χ3n) is 7.71. The lowest BCUT2D eigenvalue weighted by Gasteiger charge is -2.20. The molecule has 16 heteroatoms. The molecule has 0 spiro atoms. The fourth-order valence-corrected chi connectivity index (χ4v) is 5.00. The molecule has 3 aromatic carbocycles. The van der Waals surface area contributed by atoms with Crippen molar-refractivity contribution in [1.29, 1.82) is 0 Å². The van der Waals surface area contributed by atoms with Gasteiger partial charge in [-0.1, -0.05) is 39.0 Å². The topological polar surface area (TPSA) is 188 Å². The molecule has 6 N–H and O–H groups in total. The van der Waals surface area contributed by atoms with Crippen LogP contribution in [-0.4, -0.2) is 60.2 Å². The van der Waals surface area contributed by atoms with Crippen LogP contribution in [0.2, 0.25) is 0 Å². The highest BCUT2D eigenvalue weighted by atomic mass is 19.1. The highest BCUT2D eigenvalue weighted by Crippen LogP contribution is 2.33. The Hall–Kier alpha value is -6.58. The number of nitrogens with two attached hydrogens (primary N) is 1. The second-order valence-electron chi connectivity index (χ2n) is 12.3. The van der Waals surface area contributed by atoms with E-state index in [9.17, 15) is 18.4 Å². The monoisotopic (exact) mass is 729 g/mol. The predicted octanol–water partition coefficient (Wildman–Crippen LogP) is 7.01. The lowest BCUT2D eigenvalue weighted by Crippen LogP contribution is -2.16. The Morgan fingerprint density at radius 2 is 1.43 bits per heavy atom. The smallest absolute Gasteiger partial charge is 0.341 e. The molecular formula is C37H41F2N9O5. The Balaban J connectivity index is 0.000000251. The van der Waals surface area contributed by atoms with Crippen molar-refractivity contribution in [1.82, 2.24) is 19.9 Å². The number of halogens is 2. The first-order valence-corrected chi connectivity index (χ1v) is 16.1. The maximum Gasteiger partial charge on any atom is 0.341 e. The molecule has 278 valence electrons. The molecule has 14 nitrogen and oxygen atoms in total. The number of hydrogen-bond acceptors (Lipinski definition) is 13. The zero-order chi connectivity index (χ0) is 38.9. The van der Waals surface area contributed by atoms with Crippen molar-refractivity contribution in [2.45, 2.75) is 33.1 Å². The van der Waals surface area contributed by atoms with Gasteiger partial charge in [0.05, 0.1) is 50.7 Å². The standard InChI is InChI=1S/C23H25FN4O3.C14H16FN5O2/c1-23(2,3)14-8-6-9-15(12-14)26-20-17(24)13-25-22(28-20)27-18-11-7-10-16(19(18)30-4)21(29)31-5;1-7-10(22-3)5-4-9(11(7)12(16)21)19-13-8(15)6-18-14(17-2)20-13/h6-13H,1-5H3,(H2,25,26,27,28);4-6H,1-3H3,(H2,16,21)(H2,17,18,19,20). The minimum absolute atomic E-state index is 0.0200. The molecule has 0 bridgehead atoms. The number of benzene rings is 3. The molecule has 2 aromatic heterocycles. The number of ether oxygens (including phenoxy) is 3. The maximum absolute atomic E-state index is 14.4. The molecule has 5 rings (SSSR count). The van der Waals surface area contributed by atoms with E-state index in [4.69, 9.17) is 19.9 Å². The van der Waals surface area contributed by atoms with Crippen LogP contribution in [-0.2, 0) is 10.2 Å². The van der Waals surface area contributed by atoms with Crippen molar-refractivity contribution in [3.8, 4) is 11.5 Å². The third kappa shape index (κ3) is 9.61. The van der Waals surface area contributed by atoms with E-state index in [1.54, 1.807) is 44.3 Å². The second-order valence-corrected chi connectivity index (χ2v) is 12.3. The Bertz CT molecular complexity index is 2110. The van der Waals surface area contributed by atoms with Crippen LogP contribution in [0, 0.1) is 18.6 Å². The molecule has 0 fully saturated rings. The maximum atomic E-state index is 14.4. The van der Waals surface area contributed by atoms with Crippen LogP contribution in [0.4, 0.5) is 49.4 Å². The first-order valence-electron chi connectivity index (χ1n) is 16.1. The molecule has 0 atom stereocenters. The zero-order valence-corrected chi connectivity index (χ0v) is 30.5. The molecular weight excluding hydrogens is 688 g/mol. The molecule has 53 heavy (non-hydrogen) atoms. The van der Waals surface area contributed by atoms with Crippen LogP contribution < -0.4 is 36.5 Å². The SMILES string of the molecule is CNc1ncc(F)c(Nc2ccc(OC)c(C)c2C(N)=O)n1.COC(=O)c1cccc(Nc2ncc(F)c(Nc3cccc(C(C)(C)C)c3)n2)c1OC. The zero-order valence-electron chi connectivity index (χ0n) is 30.5. The van der Waals surface area contributed by atoms with Gasteiger partial charge in [-0.2, -0.15) is 9.97 Å². The van der Waals surface area contributed by atoms with Gasteiger partial charge in [0.25, 0.3) is 5.91 Å². The molecule has 0 aliphatic heterocycles. The summed E-state index contributed by atoms with van der Waals surface area (Å²) >= 11 is 0. The summed E-state index contributed by atoms with van der Waals surface area (Å²) in [4.78, 5) is 39.6. The van der Waals surface area contributed by atoms with Crippen LogP contribution in [0.5, 0.6) is 11.5 Å². The van der Waals surface area contributed by atoms with Crippen LogP contribution in [0.25, 0.3) is 0 Å². The van der Waals surface area contributed by atoms with Gasteiger partial charge in [0.2, 0.25) is 11.9 Å². The number of amides is 1. The minimum Gasteiger partial charge on any atom is -0.496 e. The van der Waals surface area contributed by atoms with Crippen molar-refractivity contribution >= 4 is 52.5 Å². The molecule has 2 heterocycles. The number of aromatic nitrogens is 4. The van der Waals surface area contributed by atoms with Crippen molar-refractivity contribution < 1.29 is 32.6 Å². The summed E-state index contributed by atoms with van der Waals surface area (Å²) in [5.74, 6) is -1.31. The molecule has 0 radical (unpaired) electrons. The van der Waals surface area contributed by atoms with Gasteiger partial charge >= 0.3 is 5.97 Å². The number of hydrogen-bond donors (Lipinski definition) is 5. The van der Waals surface area contributed by atoms with Crippen molar-refractivity contribution in [2.24, 2.45) is 5.73 Å². The van der Waals surface area contributed by atoms with Gasteiger partial charge in [-0.25, -0.2) is 23.5 Å². The van der Waals surface area contributed by atoms with E-state index >= 15 is 0 Å². The molecule has 0 aliphatic rings. The largest absolute Gasteiger partial charge is 0.496 e. The quantitative estimate of drug-likeness (QED) is 0.0875. The van der Waals surface area contributed by atoms with Crippen molar-refractivity contribution in [3.63, 3.8) is 0 Å². The van der Waals surface area contributed by atoms with Gasteiger partial charge in [0, 0.05) is 18.3 Å². The highest BCUT2D eigenvalue weighted by molar-refractivity contribution is 6.01. The number of nitrogens with one attached hydrogen (secondary N) is 4. The lowest BCUT2D eigenvalue weighted by molar-refractivity contribution is 0.0597. The van der Waals surface area contributed by atoms with E-state index < -0.39 is 23.5 Å². The average molecular weight is 730 g/mol. The third-order valence-corrected chi connectivity index (χ3v) is 7.71. The number of methoxy groups -OCH3 is 3. The van der Waals surface area contributed by atoms with Gasteiger partial charge < -0.3 is 41.2 Å². The average Bonchev–Trinajstić information content (AvgIpc) is 3.13. The number of carbonyl (C=O) groups excluding carboxylic acids is 2. The Morgan fingerprint density at radius 3 is 2.04 bits per heavy atom. The number of anilines is 7. The first kappa shape index (κ1) is 39.2. The molecule has 0 saturated heterocycles. The second kappa shape index (κ2) is 17.1. The minimum atomic E-state index is -0.651. The summed E-state index contributed by atoms with van der Waals surface area (Å²) in [7, 11) is 5.83. The van der Waals surface area contributed by atoms with E-state index in [1.165, 1.54) is 21.3 Å². The predicted molar refractivity (Wildman–Crippen MR) is 199 cm³/mol. The van der Waals surface area contributed by atoms with Crippen molar-refractivity contribution in [3.05, 3.63) is 101 Å². The molecule has 0 unspecified atom stereocenters. The number of esters is 1. The van der Waals surface area contributed by atoms with Gasteiger partial charge in [0.15, 0.2) is 29.0 Å². The summed E-state index contributed by atoms with van der Waals surface area (Å²) < 4.78 is 43.5. The summed E-state index contributed by atoms with van der Waals surface area (Å²) in [6.45, 7) is 8.01. The molecule has 0 saturated carbocycles. The summed E-state index contributed by atoms with van der Waals surface area (Å²) in [6.07, 6.45) is 2.10. The normalized spacial score (nSPS) is 10.7. The Morgan fingerprint density at radius 1 is 0.792 bits per heavy atom. The summed E-state index contributed by atoms with van der Waals surface area (Å²) in [5, 5.41) is 11.5. The highest BCUT2D eigenvalue weighted by Gasteiger charge is 2.20. The molecule has 5 aromatic rings. The van der Waals surface area contributed by atoms with Gasteiger partial charge in [-0.3, -0.25) is 4.79 Å². The van der Waals surface area contributed by atoms with E-state index in [-0.39, 0.29) is 45.8 Å². The van der Waals surface area contributed by atoms with E-state index in [0.717, 1.165) is 18.0 Å². The van der Waals surface area contributed by atoms with Gasteiger partial charge in [0.1, 0.15) is 11.3 Å². The van der Waals surface area contributed by atoms with Crippen LogP contribution in [0.3, 0.4) is 0 Å². The number of primary amides is 1. The lowest BCUT2D eigenvalue weighted by atomic mass is 9.87. The van der Waals surface area contributed by atoms with Gasteiger partial charge in [-0.05, 0) is 54.3 Å². The van der Waals surface area contributed by atoms with Crippen LogP contribution in [0.15, 0.2) is 67.0 Å². The van der Waals surface area contributed by atoms with E-state index in [0.29, 0.717) is 28.4 Å². The van der Waals surface area contributed by atoms with Crippen LogP contribution >= 0.6 is 0 Å². The van der Waals surface area contributed by atoms with E-state index in [1.807, 2.05) is 24.3 Å². The number of rotatable bonds is 11. The fraction of sp³-hybridized carbons (Fsp3) is 0.243. The molecule has 0 aliphatic carbocycles. The van der Waals surface area contributed by atoms with Crippen molar-refractivity contribution in [2.75, 3.05) is 49.6 Å². The summed E-state index contributed by atoms with van der Waals surface area (Å²) in [6, 6.07) is 15.9. The Labute approximate surface area is 305 Å². The number of para-hydroxylation sites is 1.